The van der Waals surface area contributed by atoms with E-state index in [9.17, 15) is 0 Å². The minimum Gasteiger partial charge on any atom is -0.493 e. The first-order valence-corrected chi connectivity index (χ1v) is 12.2. The zero-order valence-electron chi connectivity index (χ0n) is 19.4. The number of hydrogen-bond donors (Lipinski definition) is 0. The van der Waals surface area contributed by atoms with E-state index >= 15 is 0 Å². The molecule has 1 fully saturated rings. The van der Waals surface area contributed by atoms with Crippen LogP contribution in [0.4, 0.5) is 0 Å². The molecule has 0 N–H and O–H groups in total. The third kappa shape index (κ3) is 3.47. The Kier molecular flexibility index (Phi) is 4.96. The Bertz CT molecular complexity index is 1390. The number of pyridine rings is 2. The molecule has 0 saturated carbocycles. The van der Waals surface area contributed by atoms with Crippen molar-refractivity contribution in [2.24, 2.45) is 0 Å². The number of rotatable bonds is 3. The summed E-state index contributed by atoms with van der Waals surface area (Å²) in [6.45, 7) is 3.12. The van der Waals surface area contributed by atoms with Gasteiger partial charge in [-0.15, -0.1) is 0 Å². The molecule has 3 aromatic heterocycles. The number of ether oxygens (including phenoxy) is 4. The molecule has 7 rings (SSSR count). The van der Waals surface area contributed by atoms with Gasteiger partial charge in [-0.1, -0.05) is 18.2 Å². The number of aromatic nitrogens is 4. The van der Waals surface area contributed by atoms with Gasteiger partial charge in [0.05, 0.1) is 32.1 Å². The van der Waals surface area contributed by atoms with Gasteiger partial charge >= 0.3 is 0 Å². The molecule has 0 bridgehead atoms. The van der Waals surface area contributed by atoms with Gasteiger partial charge in [-0.05, 0) is 24.3 Å². The summed E-state index contributed by atoms with van der Waals surface area (Å²) in [7, 11) is 0. The molecule has 0 aliphatic carbocycles. The molecule has 6 heterocycles. The lowest BCUT2D eigenvalue weighted by atomic mass is 9.84. The Balaban J connectivity index is 1.32. The van der Waals surface area contributed by atoms with Crippen LogP contribution in [0.3, 0.4) is 0 Å². The van der Waals surface area contributed by atoms with E-state index in [0.29, 0.717) is 25.7 Å². The lowest BCUT2D eigenvalue weighted by Crippen LogP contribution is -2.47. The minimum absolute atomic E-state index is 0.136. The summed E-state index contributed by atoms with van der Waals surface area (Å²) in [6, 6.07) is 16.2. The van der Waals surface area contributed by atoms with Crippen LogP contribution in [0.5, 0.6) is 11.6 Å². The van der Waals surface area contributed by atoms with E-state index in [1.807, 2.05) is 36.4 Å². The third-order valence-electron chi connectivity index (χ3n) is 7.22. The first-order chi connectivity index (χ1) is 17.3. The number of nitrogens with zero attached hydrogens (tertiary/aromatic N) is 4. The molecule has 1 aromatic carbocycles. The fourth-order valence-corrected chi connectivity index (χ4v) is 5.51. The number of para-hydroxylation sites is 1. The molecule has 1 unspecified atom stereocenters. The molecule has 8 nitrogen and oxygen atoms in total. The Morgan fingerprint density at radius 1 is 0.971 bits per heavy atom. The van der Waals surface area contributed by atoms with Crippen LogP contribution in [-0.2, 0) is 21.6 Å². The van der Waals surface area contributed by atoms with Crippen molar-refractivity contribution in [1.82, 2.24) is 19.5 Å². The molecule has 178 valence electrons. The molecule has 4 aromatic rings. The highest BCUT2D eigenvalue weighted by Crippen LogP contribution is 2.44. The summed E-state index contributed by atoms with van der Waals surface area (Å²) in [6.07, 6.45) is 4.48. The molecule has 3 aliphatic rings. The normalized spacial score (nSPS) is 21.9. The van der Waals surface area contributed by atoms with Crippen molar-refractivity contribution >= 4 is 11.2 Å². The second kappa shape index (κ2) is 8.32. The lowest BCUT2D eigenvalue weighted by molar-refractivity contribution is 0.00399. The topological polar surface area (TPSA) is 80.5 Å². The first kappa shape index (κ1) is 20.8. The highest BCUT2D eigenvalue weighted by molar-refractivity contribution is 5.77. The predicted octanol–water partition coefficient (Wildman–Crippen LogP) is 4.11. The van der Waals surface area contributed by atoms with E-state index in [1.54, 1.807) is 6.20 Å². The van der Waals surface area contributed by atoms with Crippen LogP contribution in [0.1, 0.15) is 30.7 Å². The number of hydrogen-bond acceptors (Lipinski definition) is 7. The van der Waals surface area contributed by atoms with Crippen molar-refractivity contribution in [3.63, 3.8) is 0 Å². The van der Waals surface area contributed by atoms with Crippen LogP contribution in [0, 0.1) is 0 Å². The van der Waals surface area contributed by atoms with Crippen LogP contribution in [0.15, 0.2) is 54.7 Å². The van der Waals surface area contributed by atoms with Gasteiger partial charge in [-0.2, -0.15) is 0 Å². The molecule has 0 radical (unpaired) electrons. The van der Waals surface area contributed by atoms with Crippen molar-refractivity contribution in [1.29, 1.82) is 0 Å². The van der Waals surface area contributed by atoms with E-state index in [2.05, 4.69) is 21.7 Å². The van der Waals surface area contributed by atoms with Gasteiger partial charge in [0.25, 0.3) is 0 Å². The summed E-state index contributed by atoms with van der Waals surface area (Å²) in [5, 5.41) is 0. The van der Waals surface area contributed by atoms with E-state index in [0.717, 1.165) is 72.0 Å². The SMILES string of the molecule is c1ccc2c(c1)OCCC21COCc2nc3ccc(-c4ccnc(OC5CCOCC5)c4)nc3n21. The van der Waals surface area contributed by atoms with Crippen LogP contribution >= 0.6 is 0 Å². The van der Waals surface area contributed by atoms with Crippen LogP contribution < -0.4 is 9.47 Å². The highest BCUT2D eigenvalue weighted by atomic mass is 16.5. The fraction of sp³-hybridized carbons (Fsp3) is 0.370. The summed E-state index contributed by atoms with van der Waals surface area (Å²) in [5.74, 6) is 2.41. The van der Waals surface area contributed by atoms with Crippen molar-refractivity contribution in [2.45, 2.75) is 37.5 Å². The number of imidazole rings is 1. The Hall–Kier alpha value is -3.49. The van der Waals surface area contributed by atoms with E-state index in [4.69, 9.17) is 28.9 Å². The monoisotopic (exact) mass is 470 g/mol. The molecular formula is C27H26N4O4. The number of benzene rings is 1. The zero-order chi connectivity index (χ0) is 23.2. The highest BCUT2D eigenvalue weighted by Gasteiger charge is 2.45. The van der Waals surface area contributed by atoms with Crippen molar-refractivity contribution in [2.75, 3.05) is 26.4 Å². The summed E-state index contributed by atoms with van der Waals surface area (Å²) < 4.78 is 25.9. The first-order valence-electron chi connectivity index (χ1n) is 12.2. The standard InChI is InChI=1S/C27H26N4O4/c1-2-4-23-20(3-1)27(10-14-34-23)17-33-16-24-29-22-6-5-21(30-26(22)31(24)27)18-7-11-28-25(15-18)35-19-8-12-32-13-9-19/h1-7,11,15,19H,8-10,12-14,16-17H2. The summed E-state index contributed by atoms with van der Waals surface area (Å²) >= 11 is 0. The quantitative estimate of drug-likeness (QED) is 0.446. The van der Waals surface area contributed by atoms with E-state index in [-0.39, 0.29) is 6.10 Å². The van der Waals surface area contributed by atoms with E-state index < -0.39 is 5.54 Å². The van der Waals surface area contributed by atoms with Crippen molar-refractivity contribution in [3.8, 4) is 22.9 Å². The van der Waals surface area contributed by atoms with Gasteiger partial charge < -0.3 is 18.9 Å². The second-order valence-corrected chi connectivity index (χ2v) is 9.33. The van der Waals surface area contributed by atoms with Gasteiger partial charge in [0.2, 0.25) is 5.88 Å². The molecule has 1 atom stereocenters. The molecule has 3 aliphatic heterocycles. The molecule has 35 heavy (non-hydrogen) atoms. The van der Waals surface area contributed by atoms with Crippen LogP contribution in [0.2, 0.25) is 0 Å². The Morgan fingerprint density at radius 3 is 2.83 bits per heavy atom. The fourth-order valence-electron chi connectivity index (χ4n) is 5.51. The molecule has 8 heteroatoms. The van der Waals surface area contributed by atoms with Crippen LogP contribution in [0.25, 0.3) is 22.4 Å². The molecular weight excluding hydrogens is 444 g/mol. The van der Waals surface area contributed by atoms with Gasteiger partial charge in [0, 0.05) is 42.7 Å². The summed E-state index contributed by atoms with van der Waals surface area (Å²) in [4.78, 5) is 14.5. The lowest BCUT2D eigenvalue weighted by Gasteiger charge is -2.43. The maximum Gasteiger partial charge on any atom is 0.214 e. The average molecular weight is 471 g/mol. The van der Waals surface area contributed by atoms with Gasteiger partial charge in [-0.25, -0.2) is 15.0 Å². The maximum absolute atomic E-state index is 6.14. The van der Waals surface area contributed by atoms with Gasteiger partial charge in [0.1, 0.15) is 35.3 Å². The minimum atomic E-state index is -0.391. The van der Waals surface area contributed by atoms with E-state index in [1.165, 1.54) is 0 Å². The zero-order valence-corrected chi connectivity index (χ0v) is 19.4. The number of fused-ring (bicyclic) bond motifs is 6. The maximum atomic E-state index is 6.14. The third-order valence-corrected chi connectivity index (χ3v) is 7.22. The van der Waals surface area contributed by atoms with Gasteiger partial charge in [0.15, 0.2) is 5.65 Å². The smallest absolute Gasteiger partial charge is 0.214 e. The Labute approximate surface area is 202 Å². The average Bonchev–Trinajstić information content (AvgIpc) is 3.29. The second-order valence-electron chi connectivity index (χ2n) is 9.33. The van der Waals surface area contributed by atoms with Gasteiger partial charge in [-0.3, -0.25) is 4.57 Å². The predicted molar refractivity (Wildman–Crippen MR) is 129 cm³/mol. The largest absolute Gasteiger partial charge is 0.493 e. The molecule has 1 saturated heterocycles. The van der Waals surface area contributed by atoms with Crippen molar-refractivity contribution < 1.29 is 18.9 Å². The summed E-state index contributed by atoms with van der Waals surface area (Å²) in [5.41, 5.74) is 4.29. The van der Waals surface area contributed by atoms with Crippen molar-refractivity contribution in [3.05, 3.63) is 66.1 Å². The molecule has 1 spiro atoms. The van der Waals surface area contributed by atoms with Crippen LogP contribution in [-0.4, -0.2) is 52.1 Å². The molecule has 0 amide bonds. The Morgan fingerprint density at radius 2 is 1.89 bits per heavy atom.